The van der Waals surface area contributed by atoms with Gasteiger partial charge >= 0.3 is 10.1 Å². The zero-order valence-corrected chi connectivity index (χ0v) is 19.3. The Hall–Kier alpha value is -4.49. The molecular weight excluding hydrogens is 460 g/mol. The monoisotopic (exact) mass is 480 g/mol. The van der Waals surface area contributed by atoms with E-state index < -0.39 is 10.1 Å². The fourth-order valence-corrected chi connectivity index (χ4v) is 4.72. The summed E-state index contributed by atoms with van der Waals surface area (Å²) in [7, 11) is -3.99. The molecule has 0 bridgehead atoms. The summed E-state index contributed by atoms with van der Waals surface area (Å²) in [6, 6.07) is 31.9. The van der Waals surface area contributed by atoms with Crippen molar-refractivity contribution in [3.05, 3.63) is 120 Å². The maximum absolute atomic E-state index is 12.7. The summed E-state index contributed by atoms with van der Waals surface area (Å²) in [5.74, 6) is -0.144. The molecule has 0 atom stereocenters. The lowest BCUT2D eigenvalue weighted by Gasteiger charge is -2.08. The second-order valence-corrected chi connectivity index (χ2v) is 9.39. The number of nitrogens with zero attached hydrogens (tertiary/aromatic N) is 1. The number of hydrogen-bond donors (Lipinski definition) is 1. The molecule has 0 radical (unpaired) electrons. The minimum Gasteiger partial charge on any atom is -0.379 e. The minimum atomic E-state index is -3.99. The van der Waals surface area contributed by atoms with Crippen LogP contribution in [0.1, 0.15) is 15.9 Å². The average Bonchev–Trinajstić information content (AvgIpc) is 2.89. The highest BCUT2D eigenvalue weighted by atomic mass is 32.2. The van der Waals surface area contributed by atoms with E-state index in [0.29, 0.717) is 11.1 Å². The third-order valence-corrected chi connectivity index (χ3v) is 6.75. The van der Waals surface area contributed by atoms with E-state index in [0.717, 1.165) is 21.5 Å². The predicted molar refractivity (Wildman–Crippen MR) is 137 cm³/mol. The van der Waals surface area contributed by atoms with Gasteiger partial charge in [-0.2, -0.15) is 13.5 Å². The van der Waals surface area contributed by atoms with Crippen LogP contribution in [-0.4, -0.2) is 20.5 Å². The van der Waals surface area contributed by atoms with Gasteiger partial charge in [0.1, 0.15) is 10.6 Å². The number of benzene rings is 5. The van der Waals surface area contributed by atoms with Gasteiger partial charge in [-0.05, 0) is 69.6 Å². The second kappa shape index (κ2) is 9.40. The third kappa shape index (κ3) is 4.90. The van der Waals surface area contributed by atoms with Crippen LogP contribution in [-0.2, 0) is 10.1 Å². The Morgan fingerprint density at radius 1 is 0.743 bits per heavy atom. The quantitative estimate of drug-likeness (QED) is 0.197. The normalized spacial score (nSPS) is 11.7. The first-order chi connectivity index (χ1) is 17.0. The first kappa shape index (κ1) is 22.3. The Morgan fingerprint density at radius 2 is 1.43 bits per heavy atom. The average molecular weight is 481 g/mol. The first-order valence-electron chi connectivity index (χ1n) is 10.8. The zero-order chi connectivity index (χ0) is 24.3. The van der Waals surface area contributed by atoms with Crippen LogP contribution in [0, 0.1) is 0 Å². The van der Waals surface area contributed by atoms with E-state index in [1.807, 2.05) is 60.7 Å². The van der Waals surface area contributed by atoms with Gasteiger partial charge in [-0.15, -0.1) is 0 Å². The van der Waals surface area contributed by atoms with Crippen molar-refractivity contribution in [1.29, 1.82) is 0 Å². The van der Waals surface area contributed by atoms with Crippen LogP contribution < -0.4 is 9.61 Å². The smallest absolute Gasteiger partial charge is 0.339 e. The molecule has 5 aromatic carbocycles. The largest absolute Gasteiger partial charge is 0.379 e. The molecule has 5 aromatic rings. The summed E-state index contributed by atoms with van der Waals surface area (Å²) in [5, 5.41) is 7.60. The number of hydrogen-bond acceptors (Lipinski definition) is 5. The lowest BCUT2D eigenvalue weighted by Crippen LogP contribution is -2.17. The van der Waals surface area contributed by atoms with E-state index in [1.54, 1.807) is 30.3 Å². The molecule has 1 N–H and O–H groups in total. The van der Waals surface area contributed by atoms with Crippen LogP contribution in [0.4, 0.5) is 0 Å². The van der Waals surface area contributed by atoms with E-state index in [2.05, 4.69) is 10.5 Å². The van der Waals surface area contributed by atoms with Crippen molar-refractivity contribution < 1.29 is 17.4 Å². The summed E-state index contributed by atoms with van der Waals surface area (Å²) in [6.07, 6.45) is 1.48. The number of carbonyl (C=O) groups excluding carboxylic acids is 1. The van der Waals surface area contributed by atoms with Crippen molar-refractivity contribution in [2.24, 2.45) is 5.10 Å². The maximum Gasteiger partial charge on any atom is 0.339 e. The van der Waals surface area contributed by atoms with Gasteiger partial charge in [0.05, 0.1) is 6.21 Å². The topological polar surface area (TPSA) is 84.8 Å². The zero-order valence-electron chi connectivity index (χ0n) is 18.5. The molecular formula is C28H20N2O4S. The first-order valence-corrected chi connectivity index (χ1v) is 12.2. The van der Waals surface area contributed by atoms with Gasteiger partial charge in [-0.25, -0.2) is 5.43 Å². The highest BCUT2D eigenvalue weighted by molar-refractivity contribution is 7.87. The Labute approximate surface area is 202 Å². The standard InChI is InChI=1S/C28H20N2O4S/c31-28(27-11-5-9-22-7-3-4-10-26(22)27)30-29-19-20-12-15-24(16-13-20)34-35(32,33)25-17-14-21-6-1-2-8-23(21)18-25/h1-19H,(H,30,31)/b29-19-. The SMILES string of the molecule is O=C(N/N=C\c1ccc(OS(=O)(=O)c2ccc3ccccc3c2)cc1)c1cccc2ccccc12. The molecule has 0 saturated carbocycles. The highest BCUT2D eigenvalue weighted by Crippen LogP contribution is 2.23. The van der Waals surface area contributed by atoms with Gasteiger partial charge in [0.15, 0.2) is 0 Å². The van der Waals surface area contributed by atoms with Crippen LogP contribution in [0.15, 0.2) is 119 Å². The second-order valence-electron chi connectivity index (χ2n) is 7.84. The van der Waals surface area contributed by atoms with Crippen LogP contribution in [0.25, 0.3) is 21.5 Å². The van der Waals surface area contributed by atoms with Crippen molar-refractivity contribution in [3.8, 4) is 5.75 Å². The predicted octanol–water partition coefficient (Wildman–Crippen LogP) is 5.52. The number of nitrogens with one attached hydrogen (secondary N) is 1. The molecule has 6 nitrogen and oxygen atoms in total. The molecule has 0 spiro atoms. The molecule has 0 aromatic heterocycles. The molecule has 7 heteroatoms. The van der Waals surface area contributed by atoms with E-state index in [1.165, 1.54) is 24.4 Å². The van der Waals surface area contributed by atoms with Gasteiger partial charge in [0.2, 0.25) is 0 Å². The van der Waals surface area contributed by atoms with Crippen LogP contribution in [0.2, 0.25) is 0 Å². The lowest BCUT2D eigenvalue weighted by atomic mass is 10.0. The highest BCUT2D eigenvalue weighted by Gasteiger charge is 2.17. The fourth-order valence-electron chi connectivity index (χ4n) is 3.76. The summed E-state index contributed by atoms with van der Waals surface area (Å²) in [6.45, 7) is 0. The van der Waals surface area contributed by atoms with Gasteiger partial charge < -0.3 is 4.18 Å². The molecule has 0 aliphatic heterocycles. The number of carbonyl (C=O) groups is 1. The summed E-state index contributed by atoms with van der Waals surface area (Å²) in [5.41, 5.74) is 3.73. The van der Waals surface area contributed by atoms with Crippen molar-refractivity contribution >= 4 is 43.8 Å². The number of fused-ring (bicyclic) bond motifs is 2. The Balaban J connectivity index is 1.25. The van der Waals surface area contributed by atoms with Crippen molar-refractivity contribution in [1.82, 2.24) is 5.43 Å². The molecule has 0 saturated heterocycles. The number of amides is 1. The molecule has 172 valence electrons. The lowest BCUT2D eigenvalue weighted by molar-refractivity contribution is 0.0956. The molecule has 0 fully saturated rings. The van der Waals surface area contributed by atoms with E-state index in [9.17, 15) is 13.2 Å². The van der Waals surface area contributed by atoms with Gasteiger partial charge in [-0.3, -0.25) is 4.79 Å². The number of rotatable bonds is 6. The summed E-state index contributed by atoms with van der Waals surface area (Å²) in [4.78, 5) is 12.6. The van der Waals surface area contributed by atoms with Crippen molar-refractivity contribution in [3.63, 3.8) is 0 Å². The Morgan fingerprint density at radius 3 is 2.23 bits per heavy atom. The van der Waals surface area contributed by atoms with Crippen LogP contribution >= 0.6 is 0 Å². The maximum atomic E-state index is 12.7. The molecule has 1 amide bonds. The molecule has 0 unspecified atom stereocenters. The summed E-state index contributed by atoms with van der Waals surface area (Å²) >= 11 is 0. The van der Waals surface area contributed by atoms with Gasteiger partial charge in [0, 0.05) is 5.56 Å². The van der Waals surface area contributed by atoms with Gasteiger partial charge in [-0.1, -0.05) is 66.7 Å². The van der Waals surface area contributed by atoms with E-state index in [4.69, 9.17) is 4.18 Å². The fraction of sp³-hybridized carbons (Fsp3) is 0. The molecule has 0 heterocycles. The van der Waals surface area contributed by atoms with Crippen molar-refractivity contribution in [2.45, 2.75) is 4.90 Å². The third-order valence-electron chi connectivity index (χ3n) is 5.51. The Kier molecular flexibility index (Phi) is 5.99. The molecule has 35 heavy (non-hydrogen) atoms. The number of hydrazone groups is 1. The molecule has 0 aliphatic carbocycles. The van der Waals surface area contributed by atoms with Crippen LogP contribution in [0.5, 0.6) is 5.75 Å². The van der Waals surface area contributed by atoms with E-state index in [-0.39, 0.29) is 16.6 Å². The van der Waals surface area contributed by atoms with Crippen molar-refractivity contribution in [2.75, 3.05) is 0 Å². The van der Waals surface area contributed by atoms with Crippen LogP contribution in [0.3, 0.4) is 0 Å². The van der Waals surface area contributed by atoms with E-state index >= 15 is 0 Å². The minimum absolute atomic E-state index is 0.0815. The molecule has 0 aliphatic rings. The van der Waals surface area contributed by atoms with Gasteiger partial charge in [0.25, 0.3) is 5.91 Å². The summed E-state index contributed by atoms with van der Waals surface area (Å²) < 4.78 is 30.7. The Bertz CT molecular complexity index is 1670. The molecule has 5 rings (SSSR count).